The average Bonchev–Trinajstić information content (AvgIpc) is 2.78. The van der Waals surface area contributed by atoms with E-state index in [4.69, 9.17) is 27.9 Å². The molecule has 0 spiro atoms. The minimum atomic E-state index is -4.52. The molecule has 32 heavy (non-hydrogen) atoms. The van der Waals surface area contributed by atoms with E-state index in [1.165, 1.54) is 42.7 Å². The Kier molecular flexibility index (Phi) is 7.56. The molecule has 1 N–H and O–H groups in total. The number of hydrogen-bond acceptors (Lipinski definition) is 4. The molecule has 0 saturated carbocycles. The fraction of sp³-hybridized carbons (Fsp3) is 0.130. The van der Waals surface area contributed by atoms with Gasteiger partial charge in [-0.1, -0.05) is 41.4 Å². The molecule has 0 saturated heterocycles. The van der Waals surface area contributed by atoms with Crippen LogP contribution in [0.25, 0.3) is 6.08 Å². The van der Waals surface area contributed by atoms with Gasteiger partial charge >= 0.3 is 12.1 Å². The largest absolute Gasteiger partial charge is 0.457 e. The number of carbonyl (C=O) groups is 1. The molecule has 9 heteroatoms. The summed E-state index contributed by atoms with van der Waals surface area (Å²) < 4.78 is 44.0. The number of alkyl halides is 3. The number of aliphatic hydroxyl groups is 1. The van der Waals surface area contributed by atoms with E-state index >= 15 is 0 Å². The lowest BCUT2D eigenvalue weighted by Gasteiger charge is -2.16. The van der Waals surface area contributed by atoms with Crippen LogP contribution in [-0.2, 0) is 22.3 Å². The number of hydrogen-bond donors (Lipinski definition) is 1. The van der Waals surface area contributed by atoms with Crippen LogP contribution in [0.3, 0.4) is 0 Å². The first-order valence-corrected chi connectivity index (χ1v) is 9.98. The quantitative estimate of drug-likeness (QED) is 0.333. The third-order valence-corrected chi connectivity index (χ3v) is 5.00. The predicted molar refractivity (Wildman–Crippen MR) is 115 cm³/mol. The summed E-state index contributed by atoms with van der Waals surface area (Å²) in [5.41, 5.74) is -0.234. The molecule has 0 aliphatic carbocycles. The fourth-order valence-electron chi connectivity index (χ4n) is 2.83. The topological polar surface area (TPSA) is 59.4 Å². The van der Waals surface area contributed by atoms with E-state index in [-0.39, 0.29) is 16.2 Å². The third kappa shape index (κ3) is 6.09. The van der Waals surface area contributed by atoms with Gasteiger partial charge in [0.1, 0.15) is 12.7 Å². The molecule has 4 nitrogen and oxygen atoms in total. The lowest BCUT2D eigenvalue weighted by atomic mass is 10.0. The smallest absolute Gasteiger partial charge is 0.416 e. The van der Waals surface area contributed by atoms with Crippen molar-refractivity contribution in [2.24, 2.45) is 0 Å². The van der Waals surface area contributed by atoms with Crippen molar-refractivity contribution in [2.45, 2.75) is 18.9 Å². The highest BCUT2D eigenvalue weighted by Gasteiger charge is 2.30. The Balaban J connectivity index is 1.90. The van der Waals surface area contributed by atoms with Gasteiger partial charge in [0.15, 0.2) is 0 Å². The number of ether oxygens (including phenoxy) is 1. The van der Waals surface area contributed by atoms with E-state index in [9.17, 15) is 23.1 Å². The Bertz CT molecular complexity index is 1130. The zero-order valence-corrected chi connectivity index (χ0v) is 17.8. The Morgan fingerprint density at radius 1 is 1.12 bits per heavy atom. The number of rotatable bonds is 6. The van der Waals surface area contributed by atoms with Crippen LogP contribution in [-0.4, -0.2) is 16.1 Å². The van der Waals surface area contributed by atoms with E-state index in [1.54, 1.807) is 18.2 Å². The van der Waals surface area contributed by atoms with E-state index in [0.29, 0.717) is 16.1 Å². The van der Waals surface area contributed by atoms with Crippen molar-refractivity contribution in [1.82, 2.24) is 4.98 Å². The number of nitrogens with zero attached hydrogens (tertiary/aromatic N) is 1. The summed E-state index contributed by atoms with van der Waals surface area (Å²) >= 11 is 12.2. The summed E-state index contributed by atoms with van der Waals surface area (Å²) in [7, 11) is 0. The molecule has 0 aliphatic rings. The van der Waals surface area contributed by atoms with Crippen LogP contribution in [0.5, 0.6) is 0 Å². The van der Waals surface area contributed by atoms with Crippen LogP contribution in [0.4, 0.5) is 13.2 Å². The van der Waals surface area contributed by atoms with Crippen LogP contribution < -0.4 is 0 Å². The lowest BCUT2D eigenvalue weighted by molar-refractivity contribution is -0.141. The second kappa shape index (κ2) is 10.2. The molecular formula is C23H16Cl2F3NO3. The standard InChI is InChI=1S/C23H16Cl2F3NO3/c24-18-6-7-20(25)16(10-18)11-19(21(30)15-4-2-8-29-12-15)22(31)32-13-14-3-1-5-17(9-14)23(26,27)28/h1-12,21,30H,13H2. The lowest BCUT2D eigenvalue weighted by Crippen LogP contribution is -2.15. The molecule has 0 aliphatic heterocycles. The van der Waals surface area contributed by atoms with Crippen LogP contribution in [0.1, 0.15) is 28.4 Å². The van der Waals surface area contributed by atoms with E-state index in [2.05, 4.69) is 4.98 Å². The number of aliphatic hydroxyl groups excluding tert-OH is 1. The number of aromatic nitrogens is 1. The molecular weight excluding hydrogens is 466 g/mol. The summed E-state index contributed by atoms with van der Waals surface area (Å²) in [5.74, 6) is -0.935. The Morgan fingerprint density at radius 2 is 1.91 bits per heavy atom. The second-order valence-electron chi connectivity index (χ2n) is 6.73. The van der Waals surface area contributed by atoms with Crippen molar-refractivity contribution in [2.75, 3.05) is 0 Å². The normalized spacial score (nSPS) is 13.0. The average molecular weight is 482 g/mol. The molecule has 1 unspecified atom stereocenters. The Hall–Kier alpha value is -2.87. The maximum Gasteiger partial charge on any atom is 0.416 e. The van der Waals surface area contributed by atoms with Gasteiger partial charge in [0.25, 0.3) is 0 Å². The summed E-state index contributed by atoms with van der Waals surface area (Å²) in [6.07, 6.45) is -1.75. The summed E-state index contributed by atoms with van der Waals surface area (Å²) in [6.45, 7) is -0.427. The molecule has 166 valence electrons. The second-order valence-corrected chi connectivity index (χ2v) is 7.57. The van der Waals surface area contributed by atoms with E-state index in [1.807, 2.05) is 0 Å². The predicted octanol–water partition coefficient (Wildman–Crippen LogP) is 6.27. The maximum atomic E-state index is 12.9. The van der Waals surface area contributed by atoms with Gasteiger partial charge in [-0.3, -0.25) is 4.98 Å². The van der Waals surface area contributed by atoms with Crippen LogP contribution >= 0.6 is 23.2 Å². The fourth-order valence-corrected chi connectivity index (χ4v) is 3.18. The first-order chi connectivity index (χ1) is 15.1. The SMILES string of the molecule is O=C(OCc1cccc(C(F)(F)F)c1)C(=Cc1cc(Cl)ccc1Cl)C(O)c1cccnc1. The molecule has 0 amide bonds. The van der Waals surface area contributed by atoms with Gasteiger partial charge in [-0.15, -0.1) is 0 Å². The molecule has 1 atom stereocenters. The highest BCUT2D eigenvalue weighted by atomic mass is 35.5. The minimum absolute atomic E-state index is 0.143. The van der Waals surface area contributed by atoms with E-state index in [0.717, 1.165) is 12.1 Å². The van der Waals surface area contributed by atoms with Crippen molar-refractivity contribution in [1.29, 1.82) is 0 Å². The van der Waals surface area contributed by atoms with Crippen LogP contribution in [0, 0.1) is 0 Å². The highest BCUT2D eigenvalue weighted by Crippen LogP contribution is 2.31. The molecule has 0 radical (unpaired) electrons. The first kappa shape index (κ1) is 23.8. The van der Waals surface area contributed by atoms with E-state index < -0.39 is 30.4 Å². The monoisotopic (exact) mass is 481 g/mol. The molecule has 1 heterocycles. The number of halogens is 5. The Labute approximate surface area is 191 Å². The van der Waals surface area contributed by atoms with Crippen molar-refractivity contribution >= 4 is 35.2 Å². The van der Waals surface area contributed by atoms with Crippen molar-refractivity contribution in [3.63, 3.8) is 0 Å². The number of pyridine rings is 1. The number of esters is 1. The summed E-state index contributed by atoms with van der Waals surface area (Å²) in [6, 6.07) is 12.2. The van der Waals surface area contributed by atoms with Gasteiger partial charge in [-0.2, -0.15) is 13.2 Å². The van der Waals surface area contributed by atoms with Gasteiger partial charge in [0.05, 0.1) is 11.1 Å². The molecule has 3 rings (SSSR count). The zero-order valence-electron chi connectivity index (χ0n) is 16.3. The number of carbonyl (C=O) groups excluding carboxylic acids is 1. The molecule has 3 aromatic rings. The molecule has 2 aromatic carbocycles. The highest BCUT2D eigenvalue weighted by molar-refractivity contribution is 6.34. The molecule has 1 aromatic heterocycles. The van der Waals surface area contributed by atoms with Gasteiger partial charge in [-0.25, -0.2) is 4.79 Å². The zero-order chi connectivity index (χ0) is 23.3. The third-order valence-electron chi connectivity index (χ3n) is 4.42. The minimum Gasteiger partial charge on any atom is -0.457 e. The van der Waals surface area contributed by atoms with Crippen LogP contribution in [0.15, 0.2) is 72.6 Å². The number of benzene rings is 2. The van der Waals surface area contributed by atoms with Gasteiger partial charge in [0, 0.05) is 28.0 Å². The van der Waals surface area contributed by atoms with Crippen molar-refractivity contribution in [3.05, 3.63) is 105 Å². The van der Waals surface area contributed by atoms with Gasteiger partial charge < -0.3 is 9.84 Å². The summed E-state index contributed by atoms with van der Waals surface area (Å²) in [5, 5.41) is 11.4. The Morgan fingerprint density at radius 3 is 2.59 bits per heavy atom. The van der Waals surface area contributed by atoms with Gasteiger partial charge in [-0.05, 0) is 53.6 Å². The van der Waals surface area contributed by atoms with Gasteiger partial charge in [0.2, 0.25) is 0 Å². The first-order valence-electron chi connectivity index (χ1n) is 9.23. The maximum absolute atomic E-state index is 12.9. The molecule has 0 fully saturated rings. The van der Waals surface area contributed by atoms with Crippen molar-refractivity contribution in [3.8, 4) is 0 Å². The molecule has 0 bridgehead atoms. The van der Waals surface area contributed by atoms with Crippen molar-refractivity contribution < 1.29 is 27.8 Å². The summed E-state index contributed by atoms with van der Waals surface area (Å²) in [4.78, 5) is 16.8. The van der Waals surface area contributed by atoms with Crippen LogP contribution in [0.2, 0.25) is 10.0 Å².